The molecular formula is C12H21ClO2. The largest absolute Gasteiger partial charge is 0.394 e. The Bertz CT molecular complexity index is 192. The number of aliphatic hydroxyl groups is 1. The fourth-order valence-corrected chi connectivity index (χ4v) is 3.29. The van der Waals surface area contributed by atoms with Crippen molar-refractivity contribution in [3.63, 3.8) is 0 Å². The maximum absolute atomic E-state index is 9.14. The Labute approximate surface area is 97.0 Å². The van der Waals surface area contributed by atoms with Gasteiger partial charge in [-0.15, -0.1) is 11.6 Å². The topological polar surface area (TPSA) is 29.5 Å². The highest BCUT2D eigenvalue weighted by molar-refractivity contribution is 6.20. The second-order valence-electron chi connectivity index (χ2n) is 4.95. The van der Waals surface area contributed by atoms with E-state index in [0.29, 0.717) is 12.0 Å². The molecule has 0 aromatic carbocycles. The first-order valence-electron chi connectivity index (χ1n) is 6.20. The number of ether oxygens (including phenoxy) is 1. The Morgan fingerprint density at radius 2 is 1.87 bits per heavy atom. The molecule has 0 aromatic rings. The number of rotatable bonds is 2. The molecule has 1 aliphatic carbocycles. The Morgan fingerprint density at radius 3 is 2.53 bits per heavy atom. The summed E-state index contributed by atoms with van der Waals surface area (Å²) in [7, 11) is 0. The molecule has 0 unspecified atom stereocenters. The van der Waals surface area contributed by atoms with E-state index in [-0.39, 0.29) is 18.1 Å². The van der Waals surface area contributed by atoms with Gasteiger partial charge in [-0.2, -0.15) is 0 Å². The molecule has 2 rings (SSSR count). The predicted molar refractivity (Wildman–Crippen MR) is 61.2 cm³/mol. The van der Waals surface area contributed by atoms with Crippen molar-refractivity contribution in [1.29, 1.82) is 0 Å². The van der Waals surface area contributed by atoms with Gasteiger partial charge in [0.2, 0.25) is 0 Å². The fourth-order valence-electron chi connectivity index (χ4n) is 2.92. The Balaban J connectivity index is 1.89. The van der Waals surface area contributed by atoms with Crippen molar-refractivity contribution in [2.75, 3.05) is 6.61 Å². The highest BCUT2D eigenvalue weighted by Gasteiger charge is 2.33. The van der Waals surface area contributed by atoms with Gasteiger partial charge in [-0.25, -0.2) is 0 Å². The van der Waals surface area contributed by atoms with Crippen LogP contribution in [-0.2, 0) is 4.74 Å². The summed E-state index contributed by atoms with van der Waals surface area (Å²) in [5.41, 5.74) is 0. The van der Waals surface area contributed by atoms with E-state index in [1.54, 1.807) is 0 Å². The summed E-state index contributed by atoms with van der Waals surface area (Å²) >= 11 is 6.21. The van der Waals surface area contributed by atoms with Crippen LogP contribution in [0.1, 0.15) is 44.9 Å². The number of alkyl halides is 1. The fraction of sp³-hybridized carbons (Fsp3) is 1.00. The monoisotopic (exact) mass is 232 g/mol. The van der Waals surface area contributed by atoms with Gasteiger partial charge < -0.3 is 9.84 Å². The first-order chi connectivity index (χ1) is 7.29. The molecule has 0 radical (unpaired) electrons. The molecule has 1 N–H and O–H groups in total. The third-order valence-electron chi connectivity index (χ3n) is 3.75. The first kappa shape index (κ1) is 11.7. The molecule has 1 saturated carbocycles. The lowest BCUT2D eigenvalue weighted by atomic mass is 9.82. The smallest absolute Gasteiger partial charge is 0.0823 e. The van der Waals surface area contributed by atoms with E-state index in [9.17, 15) is 0 Å². The van der Waals surface area contributed by atoms with Gasteiger partial charge in [0.05, 0.1) is 18.8 Å². The summed E-state index contributed by atoms with van der Waals surface area (Å²) in [5.74, 6) is 0.689. The van der Waals surface area contributed by atoms with E-state index >= 15 is 0 Å². The zero-order valence-corrected chi connectivity index (χ0v) is 9.96. The molecule has 2 nitrogen and oxygen atoms in total. The van der Waals surface area contributed by atoms with Gasteiger partial charge in [0.1, 0.15) is 0 Å². The first-order valence-corrected chi connectivity index (χ1v) is 6.63. The minimum absolute atomic E-state index is 0.0202. The molecule has 0 amide bonds. The van der Waals surface area contributed by atoms with Crippen molar-refractivity contribution in [1.82, 2.24) is 0 Å². The summed E-state index contributed by atoms with van der Waals surface area (Å²) in [5, 5.41) is 9.34. The van der Waals surface area contributed by atoms with Crippen molar-refractivity contribution < 1.29 is 9.84 Å². The number of halogens is 1. The lowest BCUT2D eigenvalue weighted by molar-refractivity contribution is -0.0990. The molecule has 0 spiro atoms. The molecule has 2 aliphatic rings. The molecule has 0 bridgehead atoms. The summed E-state index contributed by atoms with van der Waals surface area (Å²) < 4.78 is 5.91. The second kappa shape index (κ2) is 5.51. The van der Waals surface area contributed by atoms with Crippen LogP contribution in [0.2, 0.25) is 0 Å². The third kappa shape index (κ3) is 3.08. The van der Waals surface area contributed by atoms with Crippen molar-refractivity contribution in [3.05, 3.63) is 0 Å². The van der Waals surface area contributed by atoms with E-state index in [4.69, 9.17) is 21.4 Å². The molecule has 1 aliphatic heterocycles. The second-order valence-corrected chi connectivity index (χ2v) is 5.56. The Morgan fingerprint density at radius 1 is 1.13 bits per heavy atom. The molecule has 0 aromatic heterocycles. The van der Waals surface area contributed by atoms with Crippen molar-refractivity contribution in [2.45, 2.75) is 62.5 Å². The van der Waals surface area contributed by atoms with Crippen LogP contribution in [-0.4, -0.2) is 29.3 Å². The van der Waals surface area contributed by atoms with Gasteiger partial charge in [0.25, 0.3) is 0 Å². The van der Waals surface area contributed by atoms with Gasteiger partial charge in [0.15, 0.2) is 0 Å². The van der Waals surface area contributed by atoms with Crippen LogP contribution >= 0.6 is 11.6 Å². The summed E-state index contributed by atoms with van der Waals surface area (Å²) in [4.78, 5) is 0. The minimum atomic E-state index is -0.0202. The molecule has 88 valence electrons. The maximum Gasteiger partial charge on any atom is 0.0823 e. The number of hydrogen-bond acceptors (Lipinski definition) is 2. The highest BCUT2D eigenvalue weighted by Crippen LogP contribution is 2.35. The SMILES string of the molecule is OC[C@@H]1C[C@H](Cl)C[C@H](C2CCCCC2)O1. The van der Waals surface area contributed by atoms with Crippen molar-refractivity contribution in [3.8, 4) is 0 Å². The standard InChI is InChI=1S/C12H21ClO2/c13-10-6-11(8-14)15-12(7-10)9-4-2-1-3-5-9/h9-12,14H,1-8H2/t10-,11-,12+/m0/s1. The predicted octanol–water partition coefficient (Wildman–Crippen LogP) is 2.71. The van der Waals surface area contributed by atoms with E-state index < -0.39 is 0 Å². The van der Waals surface area contributed by atoms with Crippen LogP contribution in [0.4, 0.5) is 0 Å². The molecular weight excluding hydrogens is 212 g/mol. The van der Waals surface area contributed by atoms with Crippen LogP contribution in [0.15, 0.2) is 0 Å². The van der Waals surface area contributed by atoms with Crippen molar-refractivity contribution in [2.24, 2.45) is 5.92 Å². The normalized spacial score (nSPS) is 39.2. The lowest BCUT2D eigenvalue weighted by Gasteiger charge is -2.38. The highest BCUT2D eigenvalue weighted by atomic mass is 35.5. The van der Waals surface area contributed by atoms with Gasteiger partial charge in [-0.3, -0.25) is 0 Å². The quantitative estimate of drug-likeness (QED) is 0.742. The van der Waals surface area contributed by atoms with Crippen LogP contribution in [0, 0.1) is 5.92 Å². The Kier molecular flexibility index (Phi) is 4.30. The summed E-state index contributed by atoms with van der Waals surface area (Å²) in [6, 6.07) is 0. The molecule has 1 saturated heterocycles. The number of hydrogen-bond donors (Lipinski definition) is 1. The summed E-state index contributed by atoms with van der Waals surface area (Å²) in [6.45, 7) is 0.118. The molecule has 3 heteroatoms. The van der Waals surface area contributed by atoms with Gasteiger partial charge in [-0.1, -0.05) is 19.3 Å². The Hall–Kier alpha value is 0.210. The van der Waals surface area contributed by atoms with Gasteiger partial charge in [-0.05, 0) is 31.6 Å². The summed E-state index contributed by atoms with van der Waals surface area (Å²) in [6.07, 6.45) is 8.68. The van der Waals surface area contributed by atoms with Gasteiger partial charge in [0, 0.05) is 5.38 Å². The van der Waals surface area contributed by atoms with Crippen LogP contribution in [0.3, 0.4) is 0 Å². The number of aliphatic hydroxyl groups excluding tert-OH is 1. The van der Waals surface area contributed by atoms with E-state index in [0.717, 1.165) is 12.8 Å². The lowest BCUT2D eigenvalue weighted by Crippen LogP contribution is -2.40. The van der Waals surface area contributed by atoms with E-state index in [1.165, 1.54) is 32.1 Å². The van der Waals surface area contributed by atoms with Crippen LogP contribution < -0.4 is 0 Å². The molecule has 15 heavy (non-hydrogen) atoms. The average Bonchev–Trinajstić information content (AvgIpc) is 2.29. The minimum Gasteiger partial charge on any atom is -0.394 e. The molecule has 1 heterocycles. The van der Waals surface area contributed by atoms with Crippen molar-refractivity contribution >= 4 is 11.6 Å². The maximum atomic E-state index is 9.14. The zero-order valence-electron chi connectivity index (χ0n) is 9.20. The zero-order chi connectivity index (χ0) is 10.7. The van der Waals surface area contributed by atoms with Gasteiger partial charge >= 0.3 is 0 Å². The van der Waals surface area contributed by atoms with Crippen LogP contribution in [0.25, 0.3) is 0 Å². The average molecular weight is 233 g/mol. The third-order valence-corrected chi connectivity index (χ3v) is 4.11. The molecule has 2 fully saturated rings. The van der Waals surface area contributed by atoms with E-state index in [2.05, 4.69) is 0 Å². The van der Waals surface area contributed by atoms with E-state index in [1.807, 2.05) is 0 Å². The van der Waals surface area contributed by atoms with Crippen LogP contribution in [0.5, 0.6) is 0 Å². The molecule has 3 atom stereocenters.